The summed E-state index contributed by atoms with van der Waals surface area (Å²) in [6.45, 7) is 5.34. The third-order valence-corrected chi connectivity index (χ3v) is 4.64. The van der Waals surface area contributed by atoms with E-state index in [1.807, 2.05) is 26.8 Å². The lowest BCUT2D eigenvalue weighted by atomic mass is 10.1. The molecule has 3 rings (SSSR count). The fraction of sp³-hybridized carbons (Fsp3) is 0.238. The van der Waals surface area contributed by atoms with Gasteiger partial charge in [0.15, 0.2) is 12.4 Å². The van der Waals surface area contributed by atoms with E-state index in [1.54, 1.807) is 41.2 Å². The monoisotopic (exact) mass is 412 g/mol. The lowest BCUT2D eigenvalue weighted by molar-refractivity contribution is -0.119. The second kappa shape index (κ2) is 8.87. The lowest BCUT2D eigenvalue weighted by Gasteiger charge is -2.12. The van der Waals surface area contributed by atoms with Crippen LogP contribution in [0.1, 0.15) is 41.4 Å². The van der Waals surface area contributed by atoms with Gasteiger partial charge in [-0.3, -0.25) is 4.79 Å². The van der Waals surface area contributed by atoms with E-state index in [-0.39, 0.29) is 5.92 Å². The largest absolute Gasteiger partial charge is 0.452 e. The van der Waals surface area contributed by atoms with Crippen molar-refractivity contribution in [3.63, 3.8) is 0 Å². The summed E-state index contributed by atoms with van der Waals surface area (Å²) in [6.07, 6.45) is 3.09. The van der Waals surface area contributed by atoms with Gasteiger partial charge in [-0.1, -0.05) is 37.6 Å². The van der Waals surface area contributed by atoms with Gasteiger partial charge in [-0.15, -0.1) is 0 Å². The third kappa shape index (κ3) is 4.81. The Labute approximate surface area is 173 Å². The summed E-state index contributed by atoms with van der Waals surface area (Å²) >= 11 is 6.05. The van der Waals surface area contributed by atoms with Crippen LogP contribution in [0.5, 0.6) is 0 Å². The molecule has 0 fully saturated rings. The number of hydrogen-bond donors (Lipinski definition) is 1. The van der Waals surface area contributed by atoms with Gasteiger partial charge in [-0.2, -0.15) is 5.10 Å². The van der Waals surface area contributed by atoms with Crippen LogP contribution in [0.2, 0.25) is 5.02 Å². The average molecular weight is 413 g/mol. The molecule has 2 aromatic heterocycles. The van der Waals surface area contributed by atoms with E-state index >= 15 is 0 Å². The number of aromatic nitrogens is 3. The van der Waals surface area contributed by atoms with Gasteiger partial charge in [0.2, 0.25) is 0 Å². The van der Waals surface area contributed by atoms with Crippen LogP contribution >= 0.6 is 11.6 Å². The minimum atomic E-state index is -0.618. The standard InChI is InChI=1S/C21H21ClN4O3/c1-13(2)20-16(11-24-26(20)18-6-4-5-9-23-18)21(28)29-12-19(27)25-15-8-7-14(3)17(22)10-15/h4-11,13H,12H2,1-3H3,(H,25,27). The van der Waals surface area contributed by atoms with Gasteiger partial charge in [0.25, 0.3) is 5.91 Å². The molecule has 29 heavy (non-hydrogen) atoms. The molecule has 0 bridgehead atoms. The SMILES string of the molecule is Cc1ccc(NC(=O)COC(=O)c2cnn(-c3ccccn3)c2C(C)C)cc1Cl. The van der Waals surface area contributed by atoms with Crippen molar-refractivity contribution < 1.29 is 14.3 Å². The van der Waals surface area contributed by atoms with Crippen molar-refractivity contribution in [2.24, 2.45) is 0 Å². The van der Waals surface area contributed by atoms with Crippen molar-refractivity contribution in [3.8, 4) is 5.82 Å². The molecule has 0 saturated heterocycles. The minimum absolute atomic E-state index is 0.00872. The van der Waals surface area contributed by atoms with Crippen LogP contribution in [0, 0.1) is 6.92 Å². The van der Waals surface area contributed by atoms with Crippen LogP contribution in [0.25, 0.3) is 5.82 Å². The Balaban J connectivity index is 1.70. The molecule has 150 valence electrons. The normalized spacial score (nSPS) is 10.8. The lowest BCUT2D eigenvalue weighted by Crippen LogP contribution is -2.21. The molecular weight excluding hydrogens is 392 g/mol. The van der Waals surface area contributed by atoms with Gasteiger partial charge in [0.1, 0.15) is 5.56 Å². The van der Waals surface area contributed by atoms with Gasteiger partial charge in [0, 0.05) is 16.9 Å². The quantitative estimate of drug-likeness (QED) is 0.614. The number of halogens is 1. The Bertz CT molecular complexity index is 1030. The zero-order valence-electron chi connectivity index (χ0n) is 16.3. The highest BCUT2D eigenvalue weighted by Gasteiger charge is 2.23. The number of amides is 1. The fourth-order valence-electron chi connectivity index (χ4n) is 2.81. The Hall–Kier alpha value is -3.19. The minimum Gasteiger partial charge on any atom is -0.452 e. The molecule has 7 nitrogen and oxygen atoms in total. The molecule has 0 radical (unpaired) electrons. The number of carbonyl (C=O) groups excluding carboxylic acids is 2. The molecule has 0 unspecified atom stereocenters. The Kier molecular flexibility index (Phi) is 6.29. The summed E-state index contributed by atoms with van der Waals surface area (Å²) < 4.78 is 6.81. The van der Waals surface area contributed by atoms with E-state index in [0.717, 1.165) is 5.56 Å². The fourth-order valence-corrected chi connectivity index (χ4v) is 2.99. The van der Waals surface area contributed by atoms with Crippen molar-refractivity contribution in [1.29, 1.82) is 0 Å². The van der Waals surface area contributed by atoms with E-state index in [1.165, 1.54) is 6.20 Å². The Morgan fingerprint density at radius 1 is 1.24 bits per heavy atom. The third-order valence-electron chi connectivity index (χ3n) is 4.23. The van der Waals surface area contributed by atoms with Crippen LogP contribution in [-0.4, -0.2) is 33.2 Å². The smallest absolute Gasteiger partial charge is 0.342 e. The molecule has 8 heteroatoms. The summed E-state index contributed by atoms with van der Waals surface area (Å²) in [4.78, 5) is 29.0. The number of benzene rings is 1. The number of pyridine rings is 1. The number of nitrogens with zero attached hydrogens (tertiary/aromatic N) is 3. The van der Waals surface area contributed by atoms with Crippen LogP contribution in [0.4, 0.5) is 5.69 Å². The molecule has 1 amide bonds. The first-order chi connectivity index (χ1) is 13.9. The maximum absolute atomic E-state index is 12.6. The number of hydrogen-bond acceptors (Lipinski definition) is 5. The van der Waals surface area contributed by atoms with Crippen LogP contribution < -0.4 is 5.32 Å². The molecule has 1 aromatic carbocycles. The summed E-state index contributed by atoms with van der Waals surface area (Å²) in [5.74, 6) is -0.482. The van der Waals surface area contributed by atoms with E-state index in [4.69, 9.17) is 16.3 Å². The average Bonchev–Trinajstić information content (AvgIpc) is 3.15. The zero-order chi connectivity index (χ0) is 21.0. The first-order valence-electron chi connectivity index (χ1n) is 9.09. The van der Waals surface area contributed by atoms with Gasteiger partial charge >= 0.3 is 5.97 Å². The molecule has 0 aliphatic heterocycles. The number of aryl methyl sites for hydroxylation is 1. The topological polar surface area (TPSA) is 86.1 Å². The summed E-state index contributed by atoms with van der Waals surface area (Å²) in [5.41, 5.74) is 2.41. The van der Waals surface area contributed by atoms with Crippen LogP contribution in [0.3, 0.4) is 0 Å². The van der Waals surface area contributed by atoms with Crippen LogP contribution in [0.15, 0.2) is 48.8 Å². The first-order valence-corrected chi connectivity index (χ1v) is 9.47. The molecule has 1 N–H and O–H groups in total. The maximum Gasteiger partial charge on any atom is 0.342 e. The van der Waals surface area contributed by atoms with Gasteiger partial charge in [0.05, 0.1) is 11.9 Å². The van der Waals surface area contributed by atoms with E-state index in [0.29, 0.717) is 27.8 Å². The van der Waals surface area contributed by atoms with Crippen molar-refractivity contribution in [2.75, 3.05) is 11.9 Å². The molecule has 0 spiro atoms. The number of ether oxygens (including phenoxy) is 1. The van der Waals surface area contributed by atoms with Crippen molar-refractivity contribution in [1.82, 2.24) is 14.8 Å². The number of rotatable bonds is 6. The number of anilines is 1. The molecular formula is C21H21ClN4O3. The molecule has 0 saturated carbocycles. The predicted octanol–water partition coefficient (Wildman–Crippen LogP) is 4.15. The number of carbonyl (C=O) groups is 2. The van der Waals surface area contributed by atoms with Crippen molar-refractivity contribution in [2.45, 2.75) is 26.7 Å². The Morgan fingerprint density at radius 2 is 2.03 bits per heavy atom. The molecule has 0 atom stereocenters. The van der Waals surface area contributed by atoms with Gasteiger partial charge in [-0.25, -0.2) is 14.5 Å². The highest BCUT2D eigenvalue weighted by Crippen LogP contribution is 2.23. The van der Waals surface area contributed by atoms with Gasteiger partial charge < -0.3 is 10.1 Å². The van der Waals surface area contributed by atoms with Crippen LogP contribution in [-0.2, 0) is 9.53 Å². The van der Waals surface area contributed by atoms with E-state index in [2.05, 4.69) is 15.4 Å². The van der Waals surface area contributed by atoms with E-state index < -0.39 is 18.5 Å². The number of nitrogens with one attached hydrogen (secondary N) is 1. The zero-order valence-corrected chi connectivity index (χ0v) is 17.1. The predicted molar refractivity (Wildman–Crippen MR) is 111 cm³/mol. The second-order valence-electron chi connectivity index (χ2n) is 6.79. The highest BCUT2D eigenvalue weighted by molar-refractivity contribution is 6.31. The summed E-state index contributed by atoms with van der Waals surface area (Å²) in [6, 6.07) is 10.6. The maximum atomic E-state index is 12.6. The molecule has 0 aliphatic rings. The van der Waals surface area contributed by atoms with Gasteiger partial charge in [-0.05, 0) is 42.7 Å². The highest BCUT2D eigenvalue weighted by atomic mass is 35.5. The van der Waals surface area contributed by atoms with Crippen molar-refractivity contribution >= 4 is 29.2 Å². The number of esters is 1. The summed E-state index contributed by atoms with van der Waals surface area (Å²) in [5, 5.41) is 7.48. The second-order valence-corrected chi connectivity index (χ2v) is 7.19. The summed E-state index contributed by atoms with van der Waals surface area (Å²) in [7, 11) is 0. The molecule has 3 aromatic rings. The molecule has 2 heterocycles. The first kappa shape index (κ1) is 20.5. The molecule has 0 aliphatic carbocycles. The van der Waals surface area contributed by atoms with E-state index in [9.17, 15) is 9.59 Å². The van der Waals surface area contributed by atoms with Crippen molar-refractivity contribution in [3.05, 3.63) is 70.6 Å². The Morgan fingerprint density at radius 3 is 2.69 bits per heavy atom.